The molecule has 12 nitrogen and oxygen atoms in total. The van der Waals surface area contributed by atoms with Crippen LogP contribution >= 0.6 is 0 Å². The lowest BCUT2D eigenvalue weighted by molar-refractivity contribution is -0.124. The second-order valence-electron chi connectivity index (χ2n) is 11.0. The van der Waals surface area contributed by atoms with Crippen molar-refractivity contribution in [2.75, 3.05) is 9.80 Å². The predicted octanol–water partition coefficient (Wildman–Crippen LogP) is 3.54. The van der Waals surface area contributed by atoms with Gasteiger partial charge in [0.05, 0.1) is 35.0 Å². The summed E-state index contributed by atoms with van der Waals surface area (Å²) in [5, 5.41) is 37.2. The summed E-state index contributed by atoms with van der Waals surface area (Å²) < 4.78 is 0. The van der Waals surface area contributed by atoms with Gasteiger partial charge in [0.25, 0.3) is 0 Å². The number of carboxylic acid groups (broad SMARTS) is 2. The first kappa shape index (κ1) is 28.8. The van der Waals surface area contributed by atoms with Gasteiger partial charge in [-0.15, -0.1) is 0 Å². The monoisotopic (exact) mass is 578 g/mol. The maximum Gasteiger partial charge on any atom is 0.339 e. The van der Waals surface area contributed by atoms with Crippen LogP contribution in [0.15, 0.2) is 36.4 Å². The first-order chi connectivity index (χ1) is 20.0. The van der Waals surface area contributed by atoms with E-state index in [0.29, 0.717) is 25.7 Å². The first-order valence-electron chi connectivity index (χ1n) is 13.9. The van der Waals surface area contributed by atoms with Gasteiger partial charge in [0.2, 0.25) is 23.6 Å². The highest BCUT2D eigenvalue weighted by molar-refractivity contribution is 6.23. The molecule has 2 aliphatic carbocycles. The molecular weight excluding hydrogens is 548 g/mol. The van der Waals surface area contributed by atoms with E-state index < -0.39 is 23.4 Å². The Hall–Kier alpha value is -4.74. The molecule has 2 aliphatic heterocycles. The number of rotatable bonds is 4. The SMILES string of the molecule is O=C(O)c1ccc(N2C(=O)C3CCCCC3C2=O)cc1O.O=C(O)c1ccc(N2C(=O)C3CCCCC3C2=O)cc1O. The van der Waals surface area contributed by atoms with Crippen molar-refractivity contribution in [1.29, 1.82) is 0 Å². The van der Waals surface area contributed by atoms with Gasteiger partial charge in [0.15, 0.2) is 0 Å². The number of hydrogen-bond acceptors (Lipinski definition) is 8. The zero-order valence-electron chi connectivity index (χ0n) is 22.6. The third-order valence-corrected chi connectivity index (χ3v) is 8.62. The fraction of sp³-hybridized carbons (Fsp3) is 0.400. The number of aromatic carboxylic acids is 2. The molecule has 2 heterocycles. The highest BCUT2D eigenvalue weighted by Gasteiger charge is 2.50. The van der Waals surface area contributed by atoms with E-state index in [-0.39, 0.29) is 69.8 Å². The van der Waals surface area contributed by atoms with Crippen LogP contribution in [0, 0.1) is 23.7 Å². The standard InChI is InChI=1S/2C15H15NO5/c2*17-12-7-8(5-6-11(12)15(20)21)16-13(18)9-3-1-2-4-10(9)14(16)19/h2*5-7,9-10,17H,1-4H2,(H,20,21). The number of imide groups is 2. The van der Waals surface area contributed by atoms with Crippen molar-refractivity contribution in [2.24, 2.45) is 23.7 Å². The number of hydrogen-bond donors (Lipinski definition) is 4. The van der Waals surface area contributed by atoms with Gasteiger partial charge in [0.1, 0.15) is 22.6 Å². The average molecular weight is 579 g/mol. The molecule has 4 amide bonds. The first-order valence-corrected chi connectivity index (χ1v) is 13.9. The molecule has 0 bridgehead atoms. The van der Waals surface area contributed by atoms with Gasteiger partial charge in [-0.25, -0.2) is 19.4 Å². The number of carbonyl (C=O) groups excluding carboxylic acids is 4. The Kier molecular flexibility index (Phi) is 7.72. The van der Waals surface area contributed by atoms with Crippen molar-refractivity contribution in [3.8, 4) is 11.5 Å². The van der Waals surface area contributed by atoms with E-state index in [9.17, 15) is 39.0 Å². The van der Waals surface area contributed by atoms with Crippen molar-refractivity contribution in [3.05, 3.63) is 47.5 Å². The number of anilines is 2. The molecule has 4 unspecified atom stereocenters. The zero-order chi connectivity index (χ0) is 30.3. The van der Waals surface area contributed by atoms with E-state index in [1.807, 2.05) is 0 Å². The Morgan fingerprint density at radius 1 is 0.548 bits per heavy atom. The lowest BCUT2D eigenvalue weighted by Crippen LogP contribution is -2.30. The van der Waals surface area contributed by atoms with Crippen molar-refractivity contribution in [3.63, 3.8) is 0 Å². The molecule has 4 N–H and O–H groups in total. The van der Waals surface area contributed by atoms with Gasteiger partial charge in [0, 0.05) is 12.1 Å². The highest BCUT2D eigenvalue weighted by atomic mass is 16.4. The number of fused-ring (bicyclic) bond motifs is 2. The molecule has 2 saturated heterocycles. The summed E-state index contributed by atoms with van der Waals surface area (Å²) in [5.41, 5.74) is -0.0330. The minimum atomic E-state index is -1.26. The van der Waals surface area contributed by atoms with E-state index in [1.165, 1.54) is 24.3 Å². The molecule has 220 valence electrons. The highest BCUT2D eigenvalue weighted by Crippen LogP contribution is 2.42. The van der Waals surface area contributed by atoms with E-state index >= 15 is 0 Å². The Balaban J connectivity index is 0.000000168. The van der Waals surface area contributed by atoms with Crippen LogP contribution < -0.4 is 9.80 Å². The normalized spacial score (nSPS) is 25.0. The van der Waals surface area contributed by atoms with E-state index in [1.54, 1.807) is 0 Å². The van der Waals surface area contributed by atoms with E-state index in [4.69, 9.17) is 10.2 Å². The molecule has 2 aromatic carbocycles. The lowest BCUT2D eigenvalue weighted by atomic mass is 9.81. The summed E-state index contributed by atoms with van der Waals surface area (Å²) in [6, 6.07) is 7.50. The Morgan fingerprint density at radius 2 is 0.833 bits per heavy atom. The molecule has 0 spiro atoms. The lowest BCUT2D eigenvalue weighted by Gasteiger charge is -2.19. The number of carbonyl (C=O) groups is 6. The van der Waals surface area contributed by atoms with E-state index in [0.717, 1.165) is 47.6 Å². The molecule has 4 aliphatic rings. The summed E-state index contributed by atoms with van der Waals surface area (Å²) in [4.78, 5) is 73.5. The quantitative estimate of drug-likeness (QED) is 0.390. The van der Waals surface area contributed by atoms with Crippen LogP contribution in [0.2, 0.25) is 0 Å². The number of aromatic hydroxyl groups is 2. The Bertz CT molecular complexity index is 1340. The van der Waals surface area contributed by atoms with Crippen molar-refractivity contribution in [2.45, 2.75) is 51.4 Å². The predicted molar refractivity (Wildman–Crippen MR) is 146 cm³/mol. The number of carboxylic acids is 2. The van der Waals surface area contributed by atoms with Crippen molar-refractivity contribution in [1.82, 2.24) is 0 Å². The molecule has 4 atom stereocenters. The van der Waals surface area contributed by atoms with Gasteiger partial charge in [-0.1, -0.05) is 25.7 Å². The van der Waals surface area contributed by atoms with Crippen LogP contribution in [0.25, 0.3) is 0 Å². The van der Waals surface area contributed by atoms with Gasteiger partial charge in [-0.3, -0.25) is 19.2 Å². The van der Waals surface area contributed by atoms with Crippen LogP contribution in [0.5, 0.6) is 11.5 Å². The molecule has 2 aromatic rings. The topological polar surface area (TPSA) is 190 Å². The molecular formula is C30H30N2O10. The summed E-state index contributed by atoms with van der Waals surface area (Å²) in [7, 11) is 0. The molecule has 6 rings (SSSR count). The Morgan fingerprint density at radius 3 is 1.07 bits per heavy atom. The van der Waals surface area contributed by atoms with Gasteiger partial charge < -0.3 is 20.4 Å². The van der Waals surface area contributed by atoms with Crippen LogP contribution in [-0.4, -0.2) is 56.0 Å². The van der Waals surface area contributed by atoms with Crippen LogP contribution in [0.4, 0.5) is 11.4 Å². The third kappa shape index (κ3) is 4.97. The Labute approximate surface area is 240 Å². The molecule has 4 fully saturated rings. The molecule has 2 saturated carbocycles. The fourth-order valence-electron chi connectivity index (χ4n) is 6.51. The molecule has 0 aromatic heterocycles. The number of phenols is 2. The third-order valence-electron chi connectivity index (χ3n) is 8.62. The largest absolute Gasteiger partial charge is 0.507 e. The summed E-state index contributed by atoms with van der Waals surface area (Å²) in [6.07, 6.45) is 6.62. The minimum absolute atomic E-state index is 0.238. The second-order valence-corrected chi connectivity index (χ2v) is 11.0. The van der Waals surface area contributed by atoms with Crippen molar-refractivity contribution >= 4 is 46.9 Å². The van der Waals surface area contributed by atoms with Crippen LogP contribution in [0.1, 0.15) is 72.1 Å². The van der Waals surface area contributed by atoms with Gasteiger partial charge in [-0.2, -0.15) is 0 Å². The molecule has 42 heavy (non-hydrogen) atoms. The smallest absolute Gasteiger partial charge is 0.339 e. The average Bonchev–Trinajstić information content (AvgIpc) is 3.37. The number of amides is 4. The number of benzene rings is 2. The van der Waals surface area contributed by atoms with E-state index in [2.05, 4.69) is 0 Å². The molecule has 12 heteroatoms. The van der Waals surface area contributed by atoms with Gasteiger partial charge >= 0.3 is 11.9 Å². The number of nitrogens with zero attached hydrogens (tertiary/aromatic N) is 2. The van der Waals surface area contributed by atoms with Gasteiger partial charge in [-0.05, 0) is 49.9 Å². The van der Waals surface area contributed by atoms with Crippen LogP contribution in [-0.2, 0) is 19.2 Å². The second kappa shape index (κ2) is 11.3. The maximum absolute atomic E-state index is 12.4. The zero-order valence-corrected chi connectivity index (χ0v) is 22.6. The summed E-state index contributed by atoms with van der Waals surface area (Å²) >= 11 is 0. The van der Waals surface area contributed by atoms with Crippen LogP contribution in [0.3, 0.4) is 0 Å². The maximum atomic E-state index is 12.4. The molecule has 0 radical (unpaired) electrons. The summed E-state index contributed by atoms with van der Waals surface area (Å²) in [5.74, 6) is -5.47. The summed E-state index contributed by atoms with van der Waals surface area (Å²) in [6.45, 7) is 0. The van der Waals surface area contributed by atoms with Crippen molar-refractivity contribution < 1.29 is 49.2 Å². The minimum Gasteiger partial charge on any atom is -0.507 e. The fourth-order valence-corrected chi connectivity index (χ4v) is 6.51.